The zero-order valence-corrected chi connectivity index (χ0v) is 14.4. The van der Waals surface area contributed by atoms with Crippen LogP contribution in [0.2, 0.25) is 0 Å². The molecule has 1 aromatic carbocycles. The van der Waals surface area contributed by atoms with Crippen LogP contribution in [0.1, 0.15) is 24.2 Å². The van der Waals surface area contributed by atoms with Crippen LogP contribution in [0, 0.1) is 0 Å². The number of amides is 1. The van der Waals surface area contributed by atoms with Gasteiger partial charge in [-0.2, -0.15) is 0 Å². The van der Waals surface area contributed by atoms with Gasteiger partial charge in [-0.15, -0.1) is 10.2 Å². The number of carbonyl (C=O) groups excluding carboxylic acids is 2. The summed E-state index contributed by atoms with van der Waals surface area (Å²) in [6, 6.07) is 10.2. The van der Waals surface area contributed by atoms with Crippen LogP contribution in [0.15, 0.2) is 56.7 Å². The van der Waals surface area contributed by atoms with Crippen molar-refractivity contribution in [3.8, 4) is 11.7 Å². The lowest BCUT2D eigenvalue weighted by Gasteiger charge is -2.10. The van der Waals surface area contributed by atoms with E-state index in [1.807, 2.05) is 0 Å². The number of rotatable bonds is 6. The summed E-state index contributed by atoms with van der Waals surface area (Å²) in [5.74, 6) is 0.435. The van der Waals surface area contributed by atoms with Crippen molar-refractivity contribution in [2.75, 3.05) is 5.32 Å². The van der Waals surface area contributed by atoms with Crippen LogP contribution in [0.4, 0.5) is 5.69 Å². The number of hydrogen-bond donors (Lipinski definition) is 1. The SMILES string of the molecule is CC(=O)c1cccc(NC(=O)[C@H](C)Sc2nnc(-c3ccco3)o2)c1. The van der Waals surface area contributed by atoms with Crippen molar-refractivity contribution < 1.29 is 18.4 Å². The second-order valence-corrected chi connectivity index (χ2v) is 6.53. The molecule has 3 aromatic rings. The van der Waals surface area contributed by atoms with Crippen LogP contribution in [0.5, 0.6) is 0 Å². The normalized spacial score (nSPS) is 11.9. The van der Waals surface area contributed by atoms with E-state index < -0.39 is 5.25 Å². The zero-order chi connectivity index (χ0) is 17.8. The largest absolute Gasteiger partial charge is 0.459 e. The van der Waals surface area contributed by atoms with Gasteiger partial charge in [0.2, 0.25) is 5.91 Å². The molecule has 0 aliphatic carbocycles. The van der Waals surface area contributed by atoms with E-state index in [0.29, 0.717) is 17.0 Å². The first-order valence-corrected chi connectivity index (χ1v) is 8.37. The zero-order valence-electron chi connectivity index (χ0n) is 13.6. The Bertz CT molecular complexity index is 889. The quantitative estimate of drug-likeness (QED) is 0.531. The van der Waals surface area contributed by atoms with Gasteiger partial charge < -0.3 is 14.2 Å². The third kappa shape index (κ3) is 4.16. The van der Waals surface area contributed by atoms with E-state index >= 15 is 0 Å². The number of anilines is 1. The average Bonchev–Trinajstić information content (AvgIpc) is 3.26. The Morgan fingerprint density at radius 3 is 2.76 bits per heavy atom. The first-order valence-electron chi connectivity index (χ1n) is 7.49. The molecule has 25 heavy (non-hydrogen) atoms. The monoisotopic (exact) mass is 357 g/mol. The van der Waals surface area contributed by atoms with Crippen LogP contribution in [-0.4, -0.2) is 27.1 Å². The number of aromatic nitrogens is 2. The Hall–Kier alpha value is -2.87. The summed E-state index contributed by atoms with van der Waals surface area (Å²) in [7, 11) is 0. The van der Waals surface area contributed by atoms with E-state index in [1.165, 1.54) is 13.2 Å². The fourth-order valence-electron chi connectivity index (χ4n) is 2.02. The Morgan fingerprint density at radius 1 is 1.20 bits per heavy atom. The molecule has 0 radical (unpaired) electrons. The van der Waals surface area contributed by atoms with Crippen LogP contribution in [0.3, 0.4) is 0 Å². The maximum absolute atomic E-state index is 12.3. The molecule has 2 aromatic heterocycles. The highest BCUT2D eigenvalue weighted by Crippen LogP contribution is 2.27. The molecule has 0 unspecified atom stereocenters. The number of ketones is 1. The molecular formula is C17H15N3O4S. The lowest BCUT2D eigenvalue weighted by molar-refractivity contribution is -0.115. The minimum Gasteiger partial charge on any atom is -0.459 e. The van der Waals surface area contributed by atoms with Crippen molar-refractivity contribution in [3.05, 3.63) is 48.2 Å². The van der Waals surface area contributed by atoms with Crippen molar-refractivity contribution in [1.29, 1.82) is 0 Å². The molecule has 0 saturated carbocycles. The lowest BCUT2D eigenvalue weighted by Crippen LogP contribution is -2.22. The molecule has 0 saturated heterocycles. The maximum Gasteiger partial charge on any atom is 0.284 e. The number of benzene rings is 1. The van der Waals surface area contributed by atoms with E-state index in [-0.39, 0.29) is 22.8 Å². The molecule has 8 heteroatoms. The number of hydrogen-bond acceptors (Lipinski definition) is 7. The van der Waals surface area contributed by atoms with E-state index in [0.717, 1.165) is 11.8 Å². The fourth-order valence-corrected chi connectivity index (χ4v) is 2.71. The van der Waals surface area contributed by atoms with Gasteiger partial charge in [0.15, 0.2) is 11.5 Å². The Labute approximate surface area is 147 Å². The predicted molar refractivity (Wildman–Crippen MR) is 92.4 cm³/mol. The van der Waals surface area contributed by atoms with E-state index in [2.05, 4.69) is 15.5 Å². The third-order valence-electron chi connectivity index (χ3n) is 3.32. The number of thioether (sulfide) groups is 1. The van der Waals surface area contributed by atoms with Gasteiger partial charge in [-0.1, -0.05) is 23.9 Å². The van der Waals surface area contributed by atoms with Gasteiger partial charge in [0, 0.05) is 11.3 Å². The van der Waals surface area contributed by atoms with Crippen LogP contribution < -0.4 is 5.32 Å². The van der Waals surface area contributed by atoms with Crippen molar-refractivity contribution in [2.24, 2.45) is 0 Å². The van der Waals surface area contributed by atoms with Crippen molar-refractivity contribution >= 4 is 29.1 Å². The van der Waals surface area contributed by atoms with Crippen molar-refractivity contribution in [3.63, 3.8) is 0 Å². The number of Topliss-reactive ketones (excluding diaryl/α,β-unsaturated/α-hetero) is 1. The maximum atomic E-state index is 12.3. The number of nitrogens with one attached hydrogen (secondary N) is 1. The fraction of sp³-hybridized carbons (Fsp3) is 0.176. The van der Waals surface area contributed by atoms with Gasteiger partial charge in [-0.05, 0) is 38.1 Å². The highest BCUT2D eigenvalue weighted by molar-refractivity contribution is 8.00. The number of carbonyl (C=O) groups is 2. The minimum absolute atomic E-state index is 0.0603. The summed E-state index contributed by atoms with van der Waals surface area (Å²) in [5.41, 5.74) is 1.10. The second-order valence-electron chi connectivity index (χ2n) is 5.24. The molecule has 0 fully saturated rings. The Kier molecular flexibility index (Phi) is 4.99. The Morgan fingerprint density at radius 2 is 2.04 bits per heavy atom. The standard InChI is InChI=1S/C17H15N3O4S/c1-10(21)12-5-3-6-13(9-12)18-15(22)11(2)25-17-20-19-16(24-17)14-7-4-8-23-14/h3-9,11H,1-2H3,(H,18,22)/t11-/m0/s1. The summed E-state index contributed by atoms with van der Waals surface area (Å²) in [5, 5.41) is 10.4. The topological polar surface area (TPSA) is 98.2 Å². The number of nitrogens with zero attached hydrogens (tertiary/aromatic N) is 2. The summed E-state index contributed by atoms with van der Waals surface area (Å²) in [4.78, 5) is 23.7. The van der Waals surface area contributed by atoms with Crippen LogP contribution in [-0.2, 0) is 4.79 Å². The minimum atomic E-state index is -0.467. The van der Waals surface area contributed by atoms with Crippen LogP contribution in [0.25, 0.3) is 11.7 Å². The molecule has 1 atom stereocenters. The van der Waals surface area contributed by atoms with Gasteiger partial charge in [0.25, 0.3) is 11.1 Å². The van der Waals surface area contributed by atoms with Gasteiger partial charge in [0.1, 0.15) is 0 Å². The summed E-state index contributed by atoms with van der Waals surface area (Å²) >= 11 is 1.14. The summed E-state index contributed by atoms with van der Waals surface area (Å²) < 4.78 is 10.7. The summed E-state index contributed by atoms with van der Waals surface area (Å²) in [6.07, 6.45) is 1.51. The highest BCUT2D eigenvalue weighted by Gasteiger charge is 2.19. The summed E-state index contributed by atoms with van der Waals surface area (Å²) in [6.45, 7) is 3.21. The van der Waals surface area contributed by atoms with Crippen molar-refractivity contribution in [2.45, 2.75) is 24.3 Å². The molecule has 1 N–H and O–H groups in total. The van der Waals surface area contributed by atoms with Gasteiger partial charge in [0.05, 0.1) is 11.5 Å². The average molecular weight is 357 g/mol. The van der Waals surface area contributed by atoms with Crippen molar-refractivity contribution in [1.82, 2.24) is 10.2 Å². The molecule has 1 amide bonds. The second kappa shape index (κ2) is 7.35. The Balaban J connectivity index is 1.63. The molecule has 3 rings (SSSR count). The molecule has 0 aliphatic rings. The third-order valence-corrected chi connectivity index (χ3v) is 4.26. The first kappa shape index (κ1) is 17.0. The van der Waals surface area contributed by atoms with Gasteiger partial charge >= 0.3 is 0 Å². The predicted octanol–water partition coefficient (Wildman–Crippen LogP) is 3.65. The van der Waals surface area contributed by atoms with E-state index in [9.17, 15) is 9.59 Å². The first-order chi connectivity index (χ1) is 12.0. The molecule has 0 bridgehead atoms. The number of furan rings is 1. The van der Waals surface area contributed by atoms with Gasteiger partial charge in [-0.25, -0.2) is 0 Å². The lowest BCUT2D eigenvalue weighted by atomic mass is 10.1. The van der Waals surface area contributed by atoms with Gasteiger partial charge in [-0.3, -0.25) is 9.59 Å². The highest BCUT2D eigenvalue weighted by atomic mass is 32.2. The molecule has 2 heterocycles. The van der Waals surface area contributed by atoms with E-state index in [4.69, 9.17) is 8.83 Å². The van der Waals surface area contributed by atoms with Crippen LogP contribution >= 0.6 is 11.8 Å². The van der Waals surface area contributed by atoms with E-state index in [1.54, 1.807) is 43.3 Å². The smallest absolute Gasteiger partial charge is 0.284 e. The molecule has 0 spiro atoms. The molecule has 7 nitrogen and oxygen atoms in total. The molecule has 128 valence electrons. The molecular weight excluding hydrogens is 342 g/mol. The molecule has 0 aliphatic heterocycles.